The molecule has 26 heavy (non-hydrogen) atoms. The summed E-state index contributed by atoms with van der Waals surface area (Å²) in [7, 11) is 4.75. The van der Waals surface area contributed by atoms with E-state index in [9.17, 15) is 5.26 Å². The first-order valence-corrected chi connectivity index (χ1v) is 8.66. The van der Waals surface area contributed by atoms with E-state index in [2.05, 4.69) is 27.0 Å². The number of halogens is 1. The van der Waals surface area contributed by atoms with Crippen molar-refractivity contribution in [3.8, 4) is 23.3 Å². The number of nitrogens with zero attached hydrogens (tertiary/aromatic N) is 2. The first kappa shape index (κ1) is 18.0. The maximum absolute atomic E-state index is 9.92. The molecule has 0 aliphatic rings. The lowest BCUT2D eigenvalue weighted by molar-refractivity contribution is 0.354. The van der Waals surface area contributed by atoms with E-state index in [1.807, 2.05) is 24.3 Å². The minimum Gasteiger partial charge on any atom is -0.494 e. The Bertz CT molecular complexity index is 998. The predicted octanol–water partition coefficient (Wildman–Crippen LogP) is 4.68. The standard InChI is InChI=1S/C20H17BrN2O3/c1-24-17-8-14(16(21)9-18(17)25-2)15(10-22)20-13-7-5-4-6-12(13)19(26-3)11-23-20/h4-9,11,15H,1-3H3. The number of hydrogen-bond acceptors (Lipinski definition) is 5. The van der Waals surface area contributed by atoms with Crippen LogP contribution in [-0.2, 0) is 0 Å². The summed E-state index contributed by atoms with van der Waals surface area (Å²) in [5.74, 6) is 1.24. The average molecular weight is 413 g/mol. The van der Waals surface area contributed by atoms with Crippen molar-refractivity contribution in [3.63, 3.8) is 0 Å². The van der Waals surface area contributed by atoms with Crippen LogP contribution in [0.15, 0.2) is 47.1 Å². The van der Waals surface area contributed by atoms with Crippen LogP contribution in [0.25, 0.3) is 10.8 Å². The Morgan fingerprint density at radius 1 is 0.962 bits per heavy atom. The van der Waals surface area contributed by atoms with Gasteiger partial charge in [-0.05, 0) is 17.7 Å². The molecule has 3 aromatic rings. The van der Waals surface area contributed by atoms with Crippen molar-refractivity contribution < 1.29 is 14.2 Å². The van der Waals surface area contributed by atoms with Gasteiger partial charge in [0.2, 0.25) is 0 Å². The van der Waals surface area contributed by atoms with Crippen molar-refractivity contribution in [3.05, 3.63) is 58.3 Å². The molecular formula is C20H17BrN2O3. The molecule has 0 saturated carbocycles. The van der Waals surface area contributed by atoms with Crippen LogP contribution in [0, 0.1) is 11.3 Å². The molecule has 0 spiro atoms. The minimum absolute atomic E-state index is 0.559. The van der Waals surface area contributed by atoms with E-state index in [0.29, 0.717) is 22.9 Å². The average Bonchev–Trinajstić information content (AvgIpc) is 2.69. The number of aromatic nitrogens is 1. The van der Waals surface area contributed by atoms with Crippen LogP contribution in [0.5, 0.6) is 17.2 Å². The van der Waals surface area contributed by atoms with E-state index >= 15 is 0 Å². The highest BCUT2D eigenvalue weighted by Gasteiger charge is 2.23. The van der Waals surface area contributed by atoms with Gasteiger partial charge in [-0.1, -0.05) is 40.2 Å². The third kappa shape index (κ3) is 3.06. The van der Waals surface area contributed by atoms with Crippen molar-refractivity contribution in [1.29, 1.82) is 5.26 Å². The van der Waals surface area contributed by atoms with Crippen molar-refractivity contribution in [2.45, 2.75) is 5.92 Å². The van der Waals surface area contributed by atoms with Gasteiger partial charge in [0.25, 0.3) is 0 Å². The van der Waals surface area contributed by atoms with E-state index < -0.39 is 5.92 Å². The molecule has 0 N–H and O–H groups in total. The molecule has 1 atom stereocenters. The normalized spacial score (nSPS) is 11.7. The first-order chi connectivity index (χ1) is 12.6. The van der Waals surface area contributed by atoms with Crippen LogP contribution in [0.1, 0.15) is 17.2 Å². The fourth-order valence-electron chi connectivity index (χ4n) is 2.95. The van der Waals surface area contributed by atoms with Gasteiger partial charge in [-0.2, -0.15) is 5.26 Å². The fraction of sp³-hybridized carbons (Fsp3) is 0.200. The summed E-state index contributed by atoms with van der Waals surface area (Å²) in [6.07, 6.45) is 1.65. The summed E-state index contributed by atoms with van der Waals surface area (Å²) in [5, 5.41) is 11.7. The van der Waals surface area contributed by atoms with Gasteiger partial charge >= 0.3 is 0 Å². The second-order valence-corrected chi connectivity index (χ2v) is 6.40. The molecule has 0 radical (unpaired) electrons. The van der Waals surface area contributed by atoms with Crippen LogP contribution in [-0.4, -0.2) is 26.3 Å². The Labute approximate surface area is 160 Å². The van der Waals surface area contributed by atoms with Gasteiger partial charge in [-0.15, -0.1) is 0 Å². The second-order valence-electron chi connectivity index (χ2n) is 5.55. The van der Waals surface area contributed by atoms with E-state index in [4.69, 9.17) is 14.2 Å². The molecule has 5 nitrogen and oxygen atoms in total. The summed E-state index contributed by atoms with van der Waals surface area (Å²) >= 11 is 3.54. The van der Waals surface area contributed by atoms with Gasteiger partial charge in [0, 0.05) is 15.2 Å². The number of nitriles is 1. The molecule has 0 aliphatic heterocycles. The third-order valence-corrected chi connectivity index (χ3v) is 4.91. The number of ether oxygens (including phenoxy) is 3. The maximum atomic E-state index is 9.92. The highest BCUT2D eigenvalue weighted by atomic mass is 79.9. The number of benzene rings is 2. The van der Waals surface area contributed by atoms with Crippen LogP contribution in [0.4, 0.5) is 0 Å². The maximum Gasteiger partial charge on any atom is 0.161 e. The van der Waals surface area contributed by atoms with Crippen LogP contribution < -0.4 is 14.2 Å². The van der Waals surface area contributed by atoms with Gasteiger partial charge in [0.05, 0.1) is 39.3 Å². The van der Waals surface area contributed by atoms with Crippen molar-refractivity contribution in [1.82, 2.24) is 4.98 Å². The quantitative estimate of drug-likeness (QED) is 0.608. The second kappa shape index (κ2) is 7.63. The summed E-state index contributed by atoms with van der Waals surface area (Å²) in [6, 6.07) is 13.7. The Kier molecular flexibility index (Phi) is 5.29. The lowest BCUT2D eigenvalue weighted by atomic mass is 9.92. The highest BCUT2D eigenvalue weighted by molar-refractivity contribution is 9.10. The molecule has 0 bridgehead atoms. The SMILES string of the molecule is COc1cc(Br)c(C(C#N)c2ncc(OC)c3ccccc23)cc1OC. The smallest absolute Gasteiger partial charge is 0.161 e. The number of hydrogen-bond donors (Lipinski definition) is 0. The van der Waals surface area contributed by atoms with Gasteiger partial charge < -0.3 is 14.2 Å². The Hall–Kier alpha value is -2.78. The van der Waals surface area contributed by atoms with Gasteiger partial charge in [-0.3, -0.25) is 4.98 Å². The van der Waals surface area contributed by atoms with Crippen molar-refractivity contribution in [2.24, 2.45) is 0 Å². The zero-order valence-corrected chi connectivity index (χ0v) is 16.2. The summed E-state index contributed by atoms with van der Waals surface area (Å²) in [6.45, 7) is 0. The van der Waals surface area contributed by atoms with Crippen molar-refractivity contribution >= 4 is 26.7 Å². The lowest BCUT2D eigenvalue weighted by Gasteiger charge is -2.17. The van der Waals surface area contributed by atoms with E-state index in [0.717, 1.165) is 20.8 Å². The number of methoxy groups -OCH3 is 3. The lowest BCUT2D eigenvalue weighted by Crippen LogP contribution is -2.05. The van der Waals surface area contributed by atoms with Crippen molar-refractivity contribution in [2.75, 3.05) is 21.3 Å². The molecule has 1 aromatic heterocycles. The monoisotopic (exact) mass is 412 g/mol. The molecule has 1 unspecified atom stereocenters. The first-order valence-electron chi connectivity index (χ1n) is 7.87. The molecule has 2 aromatic carbocycles. The van der Waals surface area contributed by atoms with Gasteiger partial charge in [-0.25, -0.2) is 0 Å². The number of fused-ring (bicyclic) bond motifs is 1. The van der Waals surface area contributed by atoms with E-state index in [1.165, 1.54) is 0 Å². The Morgan fingerprint density at radius 2 is 1.58 bits per heavy atom. The molecule has 1 heterocycles. The molecule has 3 rings (SSSR count). The largest absolute Gasteiger partial charge is 0.494 e. The zero-order valence-electron chi connectivity index (χ0n) is 14.6. The topological polar surface area (TPSA) is 64.4 Å². The molecule has 0 fully saturated rings. The summed E-state index contributed by atoms with van der Waals surface area (Å²) in [5.41, 5.74) is 1.42. The van der Waals surface area contributed by atoms with Gasteiger partial charge in [0.1, 0.15) is 11.7 Å². The Morgan fingerprint density at radius 3 is 2.19 bits per heavy atom. The molecule has 132 valence electrons. The minimum atomic E-state index is -0.583. The van der Waals surface area contributed by atoms with Gasteiger partial charge in [0.15, 0.2) is 11.5 Å². The zero-order chi connectivity index (χ0) is 18.7. The number of rotatable bonds is 5. The van der Waals surface area contributed by atoms with Crippen LogP contribution in [0.3, 0.4) is 0 Å². The summed E-state index contributed by atoms with van der Waals surface area (Å²) in [4.78, 5) is 4.52. The fourth-order valence-corrected chi connectivity index (χ4v) is 3.50. The van der Waals surface area contributed by atoms with Crippen LogP contribution in [0.2, 0.25) is 0 Å². The summed E-state index contributed by atoms with van der Waals surface area (Å²) < 4.78 is 16.9. The molecule has 0 saturated heterocycles. The molecule has 0 amide bonds. The van der Waals surface area contributed by atoms with E-state index in [1.54, 1.807) is 39.7 Å². The highest BCUT2D eigenvalue weighted by Crippen LogP contribution is 2.40. The number of pyridine rings is 1. The third-order valence-electron chi connectivity index (χ3n) is 4.23. The molecule has 0 aliphatic carbocycles. The Balaban J connectivity index is 2.23. The molecular weight excluding hydrogens is 396 g/mol. The van der Waals surface area contributed by atoms with E-state index in [-0.39, 0.29) is 0 Å². The molecule has 6 heteroatoms. The predicted molar refractivity (Wildman–Crippen MR) is 103 cm³/mol. The van der Waals surface area contributed by atoms with Crippen LogP contribution >= 0.6 is 15.9 Å².